The van der Waals surface area contributed by atoms with E-state index >= 15 is 0 Å². The lowest BCUT2D eigenvalue weighted by molar-refractivity contribution is 0.188. The largest absolute Gasteiger partial charge is 0.378 e. The molecule has 2 saturated heterocycles. The number of nitrogens with one attached hydrogen (secondary N) is 2. The molecular weight excluding hydrogens is 116 g/mol. The minimum absolute atomic E-state index is 0.582. The quantitative estimate of drug-likeness (QED) is 0.436. The number of hydrogen-bond donors (Lipinski definition) is 2. The summed E-state index contributed by atoms with van der Waals surface area (Å²) in [5.74, 6) is 0. The molecule has 0 aromatic rings. The Kier molecular flexibility index (Phi) is 1.41. The molecule has 9 heavy (non-hydrogen) atoms. The minimum atomic E-state index is 0.582. The Bertz CT molecular complexity index is 95.2. The summed E-state index contributed by atoms with van der Waals surface area (Å²) in [5.41, 5.74) is 0. The van der Waals surface area contributed by atoms with Crippen molar-refractivity contribution in [2.24, 2.45) is 0 Å². The highest BCUT2D eigenvalue weighted by Gasteiger charge is 2.29. The van der Waals surface area contributed by atoms with Crippen LogP contribution in [0.25, 0.3) is 0 Å². The van der Waals surface area contributed by atoms with E-state index in [2.05, 4.69) is 10.6 Å². The number of hydrogen-bond acceptors (Lipinski definition) is 3. The first-order chi connectivity index (χ1) is 4.47. The zero-order chi connectivity index (χ0) is 6.10. The van der Waals surface area contributed by atoms with E-state index in [0.717, 1.165) is 26.3 Å². The van der Waals surface area contributed by atoms with Gasteiger partial charge in [-0.25, -0.2) is 0 Å². The maximum Gasteiger partial charge on any atom is 0.0636 e. The van der Waals surface area contributed by atoms with Crippen molar-refractivity contribution < 1.29 is 4.74 Å². The van der Waals surface area contributed by atoms with Gasteiger partial charge in [0.1, 0.15) is 0 Å². The van der Waals surface area contributed by atoms with Crippen molar-refractivity contribution in [2.75, 3.05) is 26.3 Å². The lowest BCUT2D eigenvalue weighted by Gasteiger charge is -2.25. The van der Waals surface area contributed by atoms with Crippen LogP contribution >= 0.6 is 0 Å². The van der Waals surface area contributed by atoms with Gasteiger partial charge in [-0.15, -0.1) is 0 Å². The van der Waals surface area contributed by atoms with Crippen LogP contribution in [0.2, 0.25) is 0 Å². The summed E-state index contributed by atoms with van der Waals surface area (Å²) in [6, 6.07) is 1.16. The molecule has 0 aromatic heterocycles. The van der Waals surface area contributed by atoms with Crippen molar-refractivity contribution in [3.63, 3.8) is 0 Å². The molecule has 0 aliphatic carbocycles. The van der Waals surface area contributed by atoms with Crippen LogP contribution in [-0.2, 0) is 4.74 Å². The summed E-state index contributed by atoms with van der Waals surface area (Å²) in [7, 11) is 0. The molecule has 0 spiro atoms. The Morgan fingerprint density at radius 2 is 1.56 bits per heavy atom. The smallest absolute Gasteiger partial charge is 0.0636 e. The van der Waals surface area contributed by atoms with Crippen LogP contribution in [0.15, 0.2) is 0 Å². The first-order valence-corrected chi connectivity index (χ1v) is 3.51. The van der Waals surface area contributed by atoms with Crippen molar-refractivity contribution in [3.8, 4) is 0 Å². The molecule has 3 heteroatoms. The van der Waals surface area contributed by atoms with Crippen LogP contribution in [0.3, 0.4) is 0 Å². The van der Waals surface area contributed by atoms with Gasteiger partial charge in [-0.05, 0) is 0 Å². The van der Waals surface area contributed by atoms with Gasteiger partial charge in [-0.3, -0.25) is 0 Å². The van der Waals surface area contributed by atoms with Crippen LogP contribution in [0, 0.1) is 0 Å². The molecule has 2 fully saturated rings. The van der Waals surface area contributed by atoms with E-state index in [1.165, 1.54) is 0 Å². The summed E-state index contributed by atoms with van der Waals surface area (Å²) in [6.45, 7) is 3.95. The molecule has 0 saturated carbocycles. The average molecular weight is 128 g/mol. The van der Waals surface area contributed by atoms with E-state index in [9.17, 15) is 0 Å². The van der Waals surface area contributed by atoms with Gasteiger partial charge in [0, 0.05) is 25.2 Å². The lowest BCUT2D eigenvalue weighted by Crippen LogP contribution is -2.55. The summed E-state index contributed by atoms with van der Waals surface area (Å²) in [4.78, 5) is 0. The Balaban J connectivity index is 1.97. The highest BCUT2D eigenvalue weighted by Crippen LogP contribution is 2.06. The van der Waals surface area contributed by atoms with Gasteiger partial charge in [-0.2, -0.15) is 0 Å². The fourth-order valence-electron chi connectivity index (χ4n) is 1.47. The molecule has 2 heterocycles. The third-order valence-corrected chi connectivity index (χ3v) is 2.02. The Labute approximate surface area is 54.8 Å². The van der Waals surface area contributed by atoms with Gasteiger partial charge in [-0.1, -0.05) is 0 Å². The van der Waals surface area contributed by atoms with Crippen molar-refractivity contribution in [1.82, 2.24) is 10.6 Å². The molecule has 3 nitrogen and oxygen atoms in total. The van der Waals surface area contributed by atoms with Crippen molar-refractivity contribution in [2.45, 2.75) is 12.1 Å². The molecule has 0 amide bonds. The summed E-state index contributed by atoms with van der Waals surface area (Å²) in [5, 5.41) is 6.79. The highest BCUT2D eigenvalue weighted by atomic mass is 16.5. The third-order valence-electron chi connectivity index (χ3n) is 2.02. The van der Waals surface area contributed by atoms with Gasteiger partial charge < -0.3 is 15.4 Å². The van der Waals surface area contributed by atoms with Gasteiger partial charge in [0.2, 0.25) is 0 Å². The number of ether oxygens (including phenoxy) is 1. The van der Waals surface area contributed by atoms with Gasteiger partial charge in [0.15, 0.2) is 0 Å². The molecule has 0 radical (unpaired) electrons. The maximum atomic E-state index is 5.27. The van der Waals surface area contributed by atoms with Crippen molar-refractivity contribution in [3.05, 3.63) is 0 Å². The molecule has 0 bridgehead atoms. The van der Waals surface area contributed by atoms with Gasteiger partial charge >= 0.3 is 0 Å². The van der Waals surface area contributed by atoms with Gasteiger partial charge in [0.05, 0.1) is 13.2 Å². The maximum absolute atomic E-state index is 5.27. The second-order valence-corrected chi connectivity index (χ2v) is 2.66. The minimum Gasteiger partial charge on any atom is -0.378 e. The van der Waals surface area contributed by atoms with E-state index in [0.29, 0.717) is 12.1 Å². The molecular formula is C6H12N2O. The van der Waals surface area contributed by atoms with Gasteiger partial charge in [0.25, 0.3) is 0 Å². The van der Waals surface area contributed by atoms with E-state index in [-0.39, 0.29) is 0 Å². The zero-order valence-corrected chi connectivity index (χ0v) is 5.39. The van der Waals surface area contributed by atoms with E-state index in [1.807, 2.05) is 0 Å². The molecule has 52 valence electrons. The zero-order valence-electron chi connectivity index (χ0n) is 5.39. The standard InChI is InChI=1S/C6H12N2O/c1-2-8-6-4-9-3-5(6)7-1/h5-8H,1-4H2. The molecule has 2 unspecified atom stereocenters. The number of fused-ring (bicyclic) bond motifs is 1. The second kappa shape index (κ2) is 2.25. The average Bonchev–Trinajstić information content (AvgIpc) is 2.33. The molecule has 2 rings (SSSR count). The fraction of sp³-hybridized carbons (Fsp3) is 1.00. The Hall–Kier alpha value is -0.120. The lowest BCUT2D eigenvalue weighted by atomic mass is 10.1. The van der Waals surface area contributed by atoms with Crippen LogP contribution in [0.1, 0.15) is 0 Å². The molecule has 2 aliphatic rings. The Morgan fingerprint density at radius 1 is 1.00 bits per heavy atom. The third kappa shape index (κ3) is 0.956. The normalized spacial score (nSPS) is 42.7. The predicted molar refractivity (Wildman–Crippen MR) is 34.4 cm³/mol. The van der Waals surface area contributed by atoms with E-state index in [1.54, 1.807) is 0 Å². The van der Waals surface area contributed by atoms with Crippen LogP contribution < -0.4 is 10.6 Å². The molecule has 2 N–H and O–H groups in total. The fourth-order valence-corrected chi connectivity index (χ4v) is 1.47. The SMILES string of the molecule is C1CNC2COCC2N1. The van der Waals surface area contributed by atoms with E-state index in [4.69, 9.17) is 4.74 Å². The van der Waals surface area contributed by atoms with Crippen LogP contribution in [-0.4, -0.2) is 38.4 Å². The number of rotatable bonds is 0. The van der Waals surface area contributed by atoms with Crippen molar-refractivity contribution in [1.29, 1.82) is 0 Å². The second-order valence-electron chi connectivity index (χ2n) is 2.66. The summed E-state index contributed by atoms with van der Waals surface area (Å²) < 4.78 is 5.27. The van der Waals surface area contributed by atoms with Crippen LogP contribution in [0.5, 0.6) is 0 Å². The van der Waals surface area contributed by atoms with Crippen LogP contribution in [0.4, 0.5) is 0 Å². The first-order valence-electron chi connectivity index (χ1n) is 3.51. The monoisotopic (exact) mass is 128 g/mol. The molecule has 2 atom stereocenters. The highest BCUT2D eigenvalue weighted by molar-refractivity contribution is 4.90. The number of piperazine rings is 1. The Morgan fingerprint density at radius 3 is 2.11 bits per heavy atom. The van der Waals surface area contributed by atoms with Crippen molar-refractivity contribution >= 4 is 0 Å². The van der Waals surface area contributed by atoms with E-state index < -0.39 is 0 Å². The summed E-state index contributed by atoms with van der Waals surface area (Å²) >= 11 is 0. The molecule has 0 aromatic carbocycles. The topological polar surface area (TPSA) is 33.3 Å². The summed E-state index contributed by atoms with van der Waals surface area (Å²) in [6.07, 6.45) is 0. The predicted octanol–water partition coefficient (Wildman–Crippen LogP) is -1.05. The molecule has 2 aliphatic heterocycles. The first kappa shape index (κ1) is 5.65.